The molecule has 0 saturated heterocycles. The highest BCUT2D eigenvalue weighted by Gasteiger charge is 2.20. The number of aromatic nitrogens is 3. The van der Waals surface area contributed by atoms with E-state index in [1.807, 2.05) is 36.4 Å². The van der Waals surface area contributed by atoms with Crippen LogP contribution in [0.4, 0.5) is 5.82 Å². The molecule has 0 saturated carbocycles. The topological polar surface area (TPSA) is 91.0 Å². The minimum absolute atomic E-state index is 0.0491. The second-order valence-electron chi connectivity index (χ2n) is 5.51. The van der Waals surface area contributed by atoms with E-state index >= 15 is 0 Å². The number of ether oxygens (including phenoxy) is 1. The molecule has 0 atom stereocenters. The molecule has 0 N–H and O–H groups in total. The van der Waals surface area contributed by atoms with Gasteiger partial charge in [0.05, 0.1) is 5.39 Å². The van der Waals surface area contributed by atoms with Crippen LogP contribution in [0.15, 0.2) is 54.9 Å². The molecular weight excluding hydrogens is 352 g/mol. The Balaban J connectivity index is 1.79. The quantitative estimate of drug-likeness (QED) is 0.383. The van der Waals surface area contributed by atoms with Crippen molar-refractivity contribution >= 4 is 27.4 Å². The van der Waals surface area contributed by atoms with Crippen LogP contribution in [-0.4, -0.2) is 19.9 Å². The van der Waals surface area contributed by atoms with Crippen molar-refractivity contribution in [1.29, 1.82) is 0 Å². The highest BCUT2D eigenvalue weighted by molar-refractivity contribution is 7.21. The molecule has 3 heterocycles. The van der Waals surface area contributed by atoms with Crippen molar-refractivity contribution in [3.8, 4) is 22.1 Å². The molecule has 0 fully saturated rings. The van der Waals surface area contributed by atoms with Gasteiger partial charge in [-0.1, -0.05) is 30.3 Å². The second kappa shape index (κ2) is 6.49. The summed E-state index contributed by atoms with van der Waals surface area (Å²) in [7, 11) is 0. The van der Waals surface area contributed by atoms with E-state index in [0.29, 0.717) is 11.1 Å². The van der Waals surface area contributed by atoms with Crippen LogP contribution < -0.4 is 4.74 Å². The Bertz CT molecular complexity index is 1110. The lowest BCUT2D eigenvalue weighted by Crippen LogP contribution is -1.98. The van der Waals surface area contributed by atoms with E-state index in [1.54, 1.807) is 13.0 Å². The van der Waals surface area contributed by atoms with Crippen molar-refractivity contribution in [3.05, 3.63) is 70.7 Å². The summed E-state index contributed by atoms with van der Waals surface area (Å²) in [5, 5.41) is 11.9. The van der Waals surface area contributed by atoms with Gasteiger partial charge in [0.2, 0.25) is 11.6 Å². The predicted molar refractivity (Wildman–Crippen MR) is 98.6 cm³/mol. The highest BCUT2D eigenvalue weighted by atomic mass is 32.1. The number of fused-ring (bicyclic) bond motifs is 1. The lowest BCUT2D eigenvalue weighted by molar-refractivity contribution is -0.390. The standard InChI is InChI=1S/C18H12N4O3S/c1-11-7-8-14(16(21-11)22(23)24)25-17-13-9-15(12-5-3-2-4-6-12)26-18(13)20-10-19-17/h2-10H,1H3. The molecule has 0 spiro atoms. The maximum absolute atomic E-state index is 11.2. The lowest BCUT2D eigenvalue weighted by atomic mass is 10.2. The fraction of sp³-hybridized carbons (Fsp3) is 0.0556. The molecule has 26 heavy (non-hydrogen) atoms. The Labute approximate surface area is 152 Å². The van der Waals surface area contributed by atoms with Crippen molar-refractivity contribution in [3.63, 3.8) is 0 Å². The van der Waals surface area contributed by atoms with E-state index in [1.165, 1.54) is 23.7 Å². The summed E-state index contributed by atoms with van der Waals surface area (Å²) in [6.45, 7) is 1.69. The zero-order valence-corrected chi connectivity index (χ0v) is 14.4. The molecule has 0 aliphatic rings. The summed E-state index contributed by atoms with van der Waals surface area (Å²) in [6.07, 6.45) is 1.39. The summed E-state index contributed by atoms with van der Waals surface area (Å²) in [6, 6.07) is 15.0. The van der Waals surface area contributed by atoms with Gasteiger partial charge in [0.15, 0.2) is 0 Å². The van der Waals surface area contributed by atoms with Gasteiger partial charge in [0, 0.05) is 11.8 Å². The van der Waals surface area contributed by atoms with Crippen molar-refractivity contribution in [1.82, 2.24) is 15.0 Å². The number of nitrogens with zero attached hydrogens (tertiary/aromatic N) is 4. The molecule has 8 heteroatoms. The Hall–Kier alpha value is -3.39. The Morgan fingerprint density at radius 3 is 2.69 bits per heavy atom. The van der Waals surface area contributed by atoms with E-state index in [2.05, 4.69) is 15.0 Å². The number of benzene rings is 1. The number of aryl methyl sites for hydroxylation is 1. The summed E-state index contributed by atoms with van der Waals surface area (Å²) in [4.78, 5) is 24.8. The summed E-state index contributed by atoms with van der Waals surface area (Å²) < 4.78 is 5.74. The zero-order valence-electron chi connectivity index (χ0n) is 13.6. The largest absolute Gasteiger partial charge is 0.429 e. The molecule has 3 aromatic heterocycles. The average Bonchev–Trinajstić information content (AvgIpc) is 3.09. The summed E-state index contributed by atoms with van der Waals surface area (Å²) in [5.41, 5.74) is 1.60. The van der Waals surface area contributed by atoms with E-state index in [9.17, 15) is 10.1 Å². The van der Waals surface area contributed by atoms with Gasteiger partial charge in [0.1, 0.15) is 16.9 Å². The fourth-order valence-electron chi connectivity index (χ4n) is 2.50. The van der Waals surface area contributed by atoms with Gasteiger partial charge in [-0.3, -0.25) is 0 Å². The first-order valence-electron chi connectivity index (χ1n) is 7.71. The number of hydrogen-bond acceptors (Lipinski definition) is 7. The van der Waals surface area contributed by atoms with E-state index in [4.69, 9.17) is 4.74 Å². The smallest absolute Gasteiger partial charge is 0.407 e. The Morgan fingerprint density at radius 1 is 1.12 bits per heavy atom. The van der Waals surface area contributed by atoms with Crippen LogP contribution in [0.1, 0.15) is 5.69 Å². The first kappa shape index (κ1) is 16.1. The van der Waals surface area contributed by atoms with Crippen LogP contribution in [0.3, 0.4) is 0 Å². The van der Waals surface area contributed by atoms with Gasteiger partial charge in [0.25, 0.3) is 0 Å². The Kier molecular flexibility index (Phi) is 4.02. The number of hydrogen-bond donors (Lipinski definition) is 0. The number of nitro groups is 1. The van der Waals surface area contributed by atoms with Crippen LogP contribution >= 0.6 is 11.3 Å². The van der Waals surface area contributed by atoms with Crippen molar-refractivity contribution in [2.75, 3.05) is 0 Å². The van der Waals surface area contributed by atoms with Gasteiger partial charge in [-0.15, -0.1) is 11.3 Å². The molecule has 0 radical (unpaired) electrons. The predicted octanol–water partition coefficient (Wildman–Crippen LogP) is 4.76. The van der Waals surface area contributed by atoms with Crippen LogP contribution in [0, 0.1) is 17.0 Å². The second-order valence-corrected chi connectivity index (χ2v) is 6.54. The molecule has 7 nitrogen and oxygen atoms in total. The highest BCUT2D eigenvalue weighted by Crippen LogP contribution is 2.38. The molecule has 0 amide bonds. The molecule has 4 rings (SSSR count). The Morgan fingerprint density at radius 2 is 1.92 bits per heavy atom. The molecule has 0 aliphatic carbocycles. The maximum Gasteiger partial charge on any atom is 0.407 e. The normalized spacial score (nSPS) is 10.8. The first-order valence-corrected chi connectivity index (χ1v) is 8.53. The monoisotopic (exact) mass is 364 g/mol. The van der Waals surface area contributed by atoms with Crippen LogP contribution in [0.25, 0.3) is 20.7 Å². The summed E-state index contributed by atoms with van der Waals surface area (Å²) in [5.74, 6) is -0.0227. The van der Waals surface area contributed by atoms with Crippen LogP contribution in [0.5, 0.6) is 11.6 Å². The minimum Gasteiger partial charge on any atom is -0.429 e. The zero-order chi connectivity index (χ0) is 18.1. The van der Waals surface area contributed by atoms with Gasteiger partial charge in [-0.25, -0.2) is 9.97 Å². The number of pyridine rings is 1. The van der Waals surface area contributed by atoms with E-state index < -0.39 is 4.92 Å². The molecule has 0 aliphatic heterocycles. The minimum atomic E-state index is -0.566. The van der Waals surface area contributed by atoms with Gasteiger partial charge < -0.3 is 14.9 Å². The van der Waals surface area contributed by atoms with Gasteiger partial charge in [-0.05, 0) is 33.7 Å². The van der Waals surface area contributed by atoms with E-state index in [-0.39, 0.29) is 17.4 Å². The molecule has 0 bridgehead atoms. The third kappa shape index (κ3) is 2.98. The average molecular weight is 364 g/mol. The molecule has 128 valence electrons. The van der Waals surface area contributed by atoms with Crippen molar-refractivity contribution in [2.24, 2.45) is 0 Å². The molecule has 0 unspecified atom stereocenters. The third-order valence-electron chi connectivity index (χ3n) is 3.71. The third-order valence-corrected chi connectivity index (χ3v) is 4.80. The maximum atomic E-state index is 11.2. The van der Waals surface area contributed by atoms with Gasteiger partial charge >= 0.3 is 5.82 Å². The van der Waals surface area contributed by atoms with Crippen molar-refractivity contribution < 1.29 is 9.66 Å². The first-order chi connectivity index (χ1) is 12.6. The fourth-order valence-corrected chi connectivity index (χ4v) is 3.50. The molecule has 4 aromatic rings. The molecule has 1 aromatic carbocycles. The lowest BCUT2D eigenvalue weighted by Gasteiger charge is -2.05. The van der Waals surface area contributed by atoms with Crippen molar-refractivity contribution in [2.45, 2.75) is 6.92 Å². The van der Waals surface area contributed by atoms with Crippen LogP contribution in [-0.2, 0) is 0 Å². The summed E-state index contributed by atoms with van der Waals surface area (Å²) >= 11 is 1.51. The van der Waals surface area contributed by atoms with E-state index in [0.717, 1.165) is 15.3 Å². The number of thiophene rings is 1. The molecular formula is C18H12N4O3S. The SMILES string of the molecule is Cc1ccc(Oc2ncnc3sc(-c4ccccc4)cc23)c([N+](=O)[O-])n1. The van der Waals surface area contributed by atoms with Crippen LogP contribution in [0.2, 0.25) is 0 Å². The van der Waals surface area contributed by atoms with Gasteiger partial charge in [-0.2, -0.15) is 0 Å². The number of rotatable bonds is 4.